The van der Waals surface area contributed by atoms with Gasteiger partial charge in [-0.05, 0) is 49.6 Å². The summed E-state index contributed by atoms with van der Waals surface area (Å²) >= 11 is 0. The second kappa shape index (κ2) is 4.72. The van der Waals surface area contributed by atoms with Crippen molar-refractivity contribution in [3.8, 4) is 11.3 Å². The van der Waals surface area contributed by atoms with Crippen LogP contribution in [0.3, 0.4) is 0 Å². The lowest BCUT2D eigenvalue weighted by molar-refractivity contribution is 0.628. The van der Waals surface area contributed by atoms with E-state index in [0.29, 0.717) is 0 Å². The zero-order valence-corrected chi connectivity index (χ0v) is 11.0. The zero-order valence-electron chi connectivity index (χ0n) is 11.0. The summed E-state index contributed by atoms with van der Waals surface area (Å²) in [6, 6.07) is 4.72. The lowest BCUT2D eigenvalue weighted by Crippen LogP contribution is -2.03. The Kier molecular flexibility index (Phi) is 3.28. The molecule has 0 saturated heterocycles. The van der Waals surface area contributed by atoms with Crippen molar-refractivity contribution in [2.75, 3.05) is 12.4 Å². The molecule has 0 bridgehead atoms. The Bertz CT molecular complexity index is 594. The summed E-state index contributed by atoms with van der Waals surface area (Å²) in [5, 5.41) is 11.3. The summed E-state index contributed by atoms with van der Waals surface area (Å²) in [5.74, 6) is 0.498. The number of halogens is 1. The van der Waals surface area contributed by atoms with Crippen molar-refractivity contribution in [2.24, 2.45) is 0 Å². The van der Waals surface area contributed by atoms with Crippen LogP contribution in [0.15, 0.2) is 18.2 Å². The molecule has 0 atom stereocenters. The molecule has 0 aliphatic rings. The van der Waals surface area contributed by atoms with E-state index in [2.05, 4.69) is 15.5 Å². The van der Waals surface area contributed by atoms with Gasteiger partial charge in [-0.3, -0.25) is 0 Å². The molecule has 1 N–H and O–H groups in total. The number of hydrogen-bond donors (Lipinski definition) is 1. The van der Waals surface area contributed by atoms with Crippen molar-refractivity contribution in [3.63, 3.8) is 0 Å². The van der Waals surface area contributed by atoms with Crippen LogP contribution < -0.4 is 5.32 Å². The fourth-order valence-corrected chi connectivity index (χ4v) is 1.95. The Morgan fingerprint density at radius 3 is 2.44 bits per heavy atom. The van der Waals surface area contributed by atoms with E-state index >= 15 is 0 Å². The van der Waals surface area contributed by atoms with Gasteiger partial charge in [0.2, 0.25) is 0 Å². The SMILES string of the molecule is CNc1nnc(-c2cc(F)ccc2C)c(C)c1C. The van der Waals surface area contributed by atoms with Crippen molar-refractivity contribution >= 4 is 5.82 Å². The average Bonchev–Trinajstić information content (AvgIpc) is 2.36. The van der Waals surface area contributed by atoms with E-state index < -0.39 is 0 Å². The van der Waals surface area contributed by atoms with E-state index in [1.165, 1.54) is 12.1 Å². The van der Waals surface area contributed by atoms with E-state index in [4.69, 9.17) is 0 Å². The van der Waals surface area contributed by atoms with E-state index in [1.54, 1.807) is 6.07 Å². The molecule has 1 heterocycles. The highest BCUT2D eigenvalue weighted by Gasteiger charge is 2.13. The van der Waals surface area contributed by atoms with Gasteiger partial charge in [-0.15, -0.1) is 10.2 Å². The van der Waals surface area contributed by atoms with Gasteiger partial charge >= 0.3 is 0 Å². The molecule has 94 valence electrons. The highest BCUT2D eigenvalue weighted by molar-refractivity contribution is 5.69. The number of aromatic nitrogens is 2. The molecular weight excluding hydrogens is 229 g/mol. The van der Waals surface area contributed by atoms with Crippen molar-refractivity contribution in [2.45, 2.75) is 20.8 Å². The predicted octanol–water partition coefficient (Wildman–Crippen LogP) is 3.25. The molecule has 0 aliphatic carbocycles. The molecule has 0 unspecified atom stereocenters. The molecule has 2 aromatic rings. The first-order chi connectivity index (χ1) is 8.54. The molecule has 0 amide bonds. The molecular formula is C14H16FN3. The first-order valence-corrected chi connectivity index (χ1v) is 5.82. The van der Waals surface area contributed by atoms with Gasteiger partial charge in [-0.1, -0.05) is 6.07 Å². The number of nitrogens with one attached hydrogen (secondary N) is 1. The van der Waals surface area contributed by atoms with Crippen LogP contribution in [-0.2, 0) is 0 Å². The molecule has 1 aromatic heterocycles. The number of nitrogens with zero attached hydrogens (tertiary/aromatic N) is 2. The maximum atomic E-state index is 13.3. The second-order valence-electron chi connectivity index (χ2n) is 4.36. The summed E-state index contributed by atoms with van der Waals surface area (Å²) in [7, 11) is 1.81. The zero-order chi connectivity index (χ0) is 13.3. The van der Waals surface area contributed by atoms with Gasteiger partial charge in [0.05, 0.1) is 5.69 Å². The molecule has 0 aliphatic heterocycles. The van der Waals surface area contributed by atoms with Gasteiger partial charge in [0.15, 0.2) is 5.82 Å². The molecule has 0 spiro atoms. The standard InChI is InChI=1S/C14H16FN3/c1-8-5-6-11(15)7-12(8)13-9(2)10(3)14(16-4)18-17-13/h5-7H,1-4H3,(H,16,18). The molecule has 0 radical (unpaired) electrons. The first kappa shape index (κ1) is 12.5. The van der Waals surface area contributed by atoms with Crippen molar-refractivity contribution in [1.29, 1.82) is 0 Å². The van der Waals surface area contributed by atoms with Gasteiger partial charge in [0, 0.05) is 12.6 Å². The summed E-state index contributed by atoms with van der Waals surface area (Å²) in [6.07, 6.45) is 0. The van der Waals surface area contributed by atoms with E-state index in [0.717, 1.165) is 33.8 Å². The monoisotopic (exact) mass is 245 g/mol. The fraction of sp³-hybridized carbons (Fsp3) is 0.286. The fourth-order valence-electron chi connectivity index (χ4n) is 1.95. The van der Waals surface area contributed by atoms with E-state index in [-0.39, 0.29) is 5.82 Å². The van der Waals surface area contributed by atoms with Crippen molar-refractivity contribution in [3.05, 3.63) is 40.7 Å². The molecule has 2 rings (SSSR count). The summed E-state index contributed by atoms with van der Waals surface area (Å²) < 4.78 is 13.3. The van der Waals surface area contributed by atoms with Gasteiger partial charge in [-0.2, -0.15) is 0 Å². The smallest absolute Gasteiger partial charge is 0.151 e. The van der Waals surface area contributed by atoms with Crippen LogP contribution >= 0.6 is 0 Å². The van der Waals surface area contributed by atoms with Crippen LogP contribution in [0.4, 0.5) is 10.2 Å². The Hall–Kier alpha value is -1.97. The van der Waals surface area contributed by atoms with Gasteiger partial charge < -0.3 is 5.32 Å². The molecule has 18 heavy (non-hydrogen) atoms. The van der Waals surface area contributed by atoms with Crippen LogP contribution in [0, 0.1) is 26.6 Å². The largest absolute Gasteiger partial charge is 0.371 e. The topological polar surface area (TPSA) is 37.8 Å². The average molecular weight is 245 g/mol. The summed E-state index contributed by atoms with van der Waals surface area (Å²) in [6.45, 7) is 5.90. The van der Waals surface area contributed by atoms with Crippen LogP contribution in [0.25, 0.3) is 11.3 Å². The number of anilines is 1. The van der Waals surface area contributed by atoms with E-state index in [9.17, 15) is 4.39 Å². The summed E-state index contributed by atoms with van der Waals surface area (Å²) in [5.41, 5.74) is 4.58. The van der Waals surface area contributed by atoms with Crippen molar-refractivity contribution < 1.29 is 4.39 Å². The number of benzene rings is 1. The molecule has 1 aromatic carbocycles. The lowest BCUT2D eigenvalue weighted by Gasteiger charge is -2.12. The normalized spacial score (nSPS) is 10.5. The lowest BCUT2D eigenvalue weighted by atomic mass is 10.00. The van der Waals surface area contributed by atoms with Crippen LogP contribution in [-0.4, -0.2) is 17.2 Å². The Morgan fingerprint density at radius 1 is 1.06 bits per heavy atom. The molecule has 3 nitrogen and oxygen atoms in total. The minimum absolute atomic E-state index is 0.257. The quantitative estimate of drug-likeness (QED) is 0.882. The summed E-state index contributed by atoms with van der Waals surface area (Å²) in [4.78, 5) is 0. The molecule has 0 fully saturated rings. The Morgan fingerprint density at radius 2 is 1.78 bits per heavy atom. The maximum absolute atomic E-state index is 13.3. The minimum atomic E-state index is -0.257. The van der Waals surface area contributed by atoms with Gasteiger partial charge in [-0.25, -0.2) is 4.39 Å². The Labute approximate surface area is 106 Å². The first-order valence-electron chi connectivity index (χ1n) is 5.82. The minimum Gasteiger partial charge on any atom is -0.371 e. The van der Waals surface area contributed by atoms with Crippen LogP contribution in [0.2, 0.25) is 0 Å². The third-order valence-corrected chi connectivity index (χ3v) is 3.21. The van der Waals surface area contributed by atoms with Crippen LogP contribution in [0.1, 0.15) is 16.7 Å². The molecule has 4 heteroatoms. The van der Waals surface area contributed by atoms with Crippen LogP contribution in [0.5, 0.6) is 0 Å². The third-order valence-electron chi connectivity index (χ3n) is 3.21. The highest BCUT2D eigenvalue weighted by Crippen LogP contribution is 2.28. The van der Waals surface area contributed by atoms with Crippen molar-refractivity contribution in [1.82, 2.24) is 10.2 Å². The number of hydrogen-bond acceptors (Lipinski definition) is 3. The third kappa shape index (κ3) is 2.06. The molecule has 0 saturated carbocycles. The highest BCUT2D eigenvalue weighted by atomic mass is 19.1. The number of rotatable bonds is 2. The second-order valence-corrected chi connectivity index (χ2v) is 4.36. The van der Waals surface area contributed by atoms with E-state index in [1.807, 2.05) is 27.8 Å². The Balaban J connectivity index is 2.65. The van der Waals surface area contributed by atoms with Gasteiger partial charge in [0.1, 0.15) is 5.82 Å². The van der Waals surface area contributed by atoms with Gasteiger partial charge in [0.25, 0.3) is 0 Å². The maximum Gasteiger partial charge on any atom is 0.151 e. The number of aryl methyl sites for hydroxylation is 1. The predicted molar refractivity (Wildman–Crippen MR) is 71.2 cm³/mol.